The zero-order chi connectivity index (χ0) is 19.0. The van der Waals surface area contributed by atoms with Crippen molar-refractivity contribution < 1.29 is 9.18 Å². The first-order chi connectivity index (χ1) is 13.1. The lowest BCUT2D eigenvalue weighted by Gasteiger charge is -2.34. The van der Waals surface area contributed by atoms with Crippen LogP contribution in [-0.2, 0) is 24.3 Å². The van der Waals surface area contributed by atoms with Crippen LogP contribution in [-0.4, -0.2) is 37.5 Å². The average molecular weight is 387 g/mol. The van der Waals surface area contributed by atoms with Gasteiger partial charge in [-0.05, 0) is 18.7 Å². The van der Waals surface area contributed by atoms with E-state index < -0.39 is 0 Å². The van der Waals surface area contributed by atoms with Crippen molar-refractivity contribution in [1.29, 1.82) is 0 Å². The van der Waals surface area contributed by atoms with Gasteiger partial charge in [-0.1, -0.05) is 36.4 Å². The molecular weight excluding hydrogens is 367 g/mol. The number of halogens is 2. The van der Waals surface area contributed by atoms with Crippen molar-refractivity contribution in [2.24, 2.45) is 0 Å². The summed E-state index contributed by atoms with van der Waals surface area (Å²) in [4.78, 5) is 18.6. The van der Waals surface area contributed by atoms with Crippen LogP contribution in [0.15, 0.2) is 36.4 Å². The minimum absolute atomic E-state index is 0.0873. The van der Waals surface area contributed by atoms with Crippen molar-refractivity contribution in [3.05, 3.63) is 59.4 Å². The quantitative estimate of drug-likeness (QED) is 0.645. The third kappa shape index (κ3) is 3.41. The largest absolute Gasteiger partial charge is 0.332 e. The lowest BCUT2D eigenvalue weighted by Crippen LogP contribution is -2.45. The summed E-state index contributed by atoms with van der Waals surface area (Å²) in [5, 5.41) is 5.80. The highest BCUT2D eigenvalue weighted by molar-refractivity contribution is 6.27. The molecule has 140 valence electrons. The van der Waals surface area contributed by atoms with E-state index in [2.05, 4.69) is 10.1 Å². The molecule has 0 fully saturated rings. The van der Waals surface area contributed by atoms with Crippen LogP contribution in [0, 0.1) is 12.7 Å². The number of hydrogen-bond donors (Lipinski definition) is 0. The molecule has 3 aromatic rings. The molecule has 0 saturated heterocycles. The third-order valence-corrected chi connectivity index (χ3v) is 5.33. The Morgan fingerprint density at radius 2 is 2.15 bits per heavy atom. The zero-order valence-electron chi connectivity index (χ0n) is 15.0. The highest BCUT2D eigenvalue weighted by Gasteiger charge is 2.29. The second-order valence-corrected chi connectivity index (χ2v) is 7.13. The summed E-state index contributed by atoms with van der Waals surface area (Å²) in [6, 6.07) is 10.9. The van der Waals surface area contributed by atoms with Gasteiger partial charge in [0.1, 0.15) is 23.3 Å². The molecule has 2 heterocycles. The molecule has 2 aromatic carbocycles. The van der Waals surface area contributed by atoms with Gasteiger partial charge in [0.05, 0.1) is 12.6 Å². The number of benzene rings is 2. The Hall–Kier alpha value is -2.47. The standard InChI is InChI=1S/C20H20ClFN4O/c1-13-23-18-9-8-16(12-26(18)24-13)25(19(27)10-21)11-15-7-6-14-4-2-3-5-17(14)20(15)22/h2-7,16H,8-12H2,1H3. The molecule has 4 rings (SSSR count). The summed E-state index contributed by atoms with van der Waals surface area (Å²) in [5.41, 5.74) is 0.493. The van der Waals surface area contributed by atoms with E-state index in [0.717, 1.165) is 29.9 Å². The summed E-state index contributed by atoms with van der Waals surface area (Å²) in [6.45, 7) is 2.59. The predicted octanol–water partition coefficient (Wildman–Crippen LogP) is 3.46. The minimum Gasteiger partial charge on any atom is -0.332 e. The van der Waals surface area contributed by atoms with E-state index in [9.17, 15) is 4.79 Å². The molecule has 0 N–H and O–H groups in total. The van der Waals surface area contributed by atoms with E-state index in [0.29, 0.717) is 17.5 Å². The molecule has 1 aliphatic rings. The van der Waals surface area contributed by atoms with Crippen LogP contribution in [0.1, 0.15) is 23.6 Å². The second-order valence-electron chi connectivity index (χ2n) is 6.86. The first-order valence-corrected chi connectivity index (χ1v) is 9.52. The molecule has 1 aromatic heterocycles. The number of carbonyl (C=O) groups is 1. The van der Waals surface area contributed by atoms with Gasteiger partial charge in [0, 0.05) is 23.9 Å². The molecule has 27 heavy (non-hydrogen) atoms. The summed E-state index contributed by atoms with van der Waals surface area (Å²) in [6.07, 6.45) is 1.49. The zero-order valence-corrected chi connectivity index (χ0v) is 15.8. The van der Waals surface area contributed by atoms with Crippen molar-refractivity contribution in [3.63, 3.8) is 0 Å². The van der Waals surface area contributed by atoms with Crippen molar-refractivity contribution in [2.75, 3.05) is 5.88 Å². The van der Waals surface area contributed by atoms with Crippen LogP contribution in [0.5, 0.6) is 0 Å². The number of fused-ring (bicyclic) bond motifs is 2. The Labute approximate surface area is 161 Å². The van der Waals surface area contributed by atoms with Crippen LogP contribution in [0.4, 0.5) is 4.39 Å². The smallest absolute Gasteiger partial charge is 0.238 e. The first kappa shape index (κ1) is 17.9. The molecule has 1 aliphatic heterocycles. The fourth-order valence-corrected chi connectivity index (χ4v) is 3.91. The van der Waals surface area contributed by atoms with Crippen molar-refractivity contribution in [2.45, 2.75) is 38.9 Å². The molecule has 0 radical (unpaired) electrons. The lowest BCUT2D eigenvalue weighted by atomic mass is 10.0. The van der Waals surface area contributed by atoms with Gasteiger partial charge in [-0.25, -0.2) is 14.1 Å². The van der Waals surface area contributed by atoms with E-state index in [-0.39, 0.29) is 30.2 Å². The lowest BCUT2D eigenvalue weighted by molar-refractivity contribution is -0.132. The predicted molar refractivity (Wildman–Crippen MR) is 102 cm³/mol. The van der Waals surface area contributed by atoms with Crippen molar-refractivity contribution in [1.82, 2.24) is 19.7 Å². The number of hydrogen-bond acceptors (Lipinski definition) is 3. The van der Waals surface area contributed by atoms with E-state index in [4.69, 9.17) is 11.6 Å². The number of rotatable bonds is 4. The summed E-state index contributed by atoms with van der Waals surface area (Å²) in [5.74, 6) is 1.04. The maximum Gasteiger partial charge on any atom is 0.238 e. The molecule has 0 spiro atoms. The number of aromatic nitrogens is 3. The van der Waals surface area contributed by atoms with Crippen LogP contribution in [0.2, 0.25) is 0 Å². The van der Waals surface area contributed by atoms with Gasteiger partial charge in [-0.15, -0.1) is 11.6 Å². The molecule has 5 nitrogen and oxygen atoms in total. The molecule has 7 heteroatoms. The van der Waals surface area contributed by atoms with Crippen molar-refractivity contribution >= 4 is 28.3 Å². The minimum atomic E-state index is -0.284. The molecule has 1 atom stereocenters. The van der Waals surface area contributed by atoms with E-state index >= 15 is 4.39 Å². The highest BCUT2D eigenvalue weighted by Crippen LogP contribution is 2.25. The van der Waals surface area contributed by atoms with Gasteiger partial charge in [-0.2, -0.15) is 5.10 Å². The van der Waals surface area contributed by atoms with E-state index in [1.165, 1.54) is 0 Å². The monoisotopic (exact) mass is 386 g/mol. The van der Waals surface area contributed by atoms with Gasteiger partial charge in [-0.3, -0.25) is 4.79 Å². The Morgan fingerprint density at radius 1 is 1.33 bits per heavy atom. The van der Waals surface area contributed by atoms with Gasteiger partial charge < -0.3 is 4.90 Å². The highest BCUT2D eigenvalue weighted by atomic mass is 35.5. The number of alkyl halides is 1. The van der Waals surface area contributed by atoms with Gasteiger partial charge in [0.25, 0.3) is 0 Å². The van der Waals surface area contributed by atoms with Crippen LogP contribution < -0.4 is 0 Å². The second kappa shape index (κ2) is 7.27. The maximum atomic E-state index is 15.0. The Morgan fingerprint density at radius 3 is 2.96 bits per heavy atom. The normalized spacial score (nSPS) is 16.3. The Kier molecular flexibility index (Phi) is 4.83. The van der Waals surface area contributed by atoms with Crippen LogP contribution in [0.25, 0.3) is 10.8 Å². The molecule has 1 amide bonds. The summed E-state index contributed by atoms with van der Waals surface area (Å²) < 4.78 is 16.8. The Balaban J connectivity index is 1.64. The van der Waals surface area contributed by atoms with Crippen molar-refractivity contribution in [3.8, 4) is 0 Å². The molecule has 1 unspecified atom stereocenters. The number of carbonyl (C=O) groups excluding carboxylic acids is 1. The molecule has 0 bridgehead atoms. The van der Waals surface area contributed by atoms with Gasteiger partial charge >= 0.3 is 0 Å². The van der Waals surface area contributed by atoms with E-state index in [1.54, 1.807) is 17.0 Å². The van der Waals surface area contributed by atoms with E-state index in [1.807, 2.05) is 35.9 Å². The topological polar surface area (TPSA) is 51.0 Å². The first-order valence-electron chi connectivity index (χ1n) is 8.98. The van der Waals surface area contributed by atoms with Gasteiger partial charge in [0.2, 0.25) is 5.91 Å². The van der Waals surface area contributed by atoms with Crippen LogP contribution >= 0.6 is 11.6 Å². The fraction of sp³-hybridized carbons (Fsp3) is 0.350. The molecule has 0 aliphatic carbocycles. The number of nitrogens with zero attached hydrogens (tertiary/aromatic N) is 4. The summed E-state index contributed by atoms with van der Waals surface area (Å²) >= 11 is 5.85. The number of aryl methyl sites for hydroxylation is 2. The summed E-state index contributed by atoms with van der Waals surface area (Å²) in [7, 11) is 0. The van der Waals surface area contributed by atoms with Gasteiger partial charge in [0.15, 0.2) is 0 Å². The molecule has 0 saturated carbocycles. The SMILES string of the molecule is Cc1nc2n(n1)CC(N(Cc1ccc3ccccc3c1F)C(=O)CCl)CC2. The maximum absolute atomic E-state index is 15.0. The average Bonchev–Trinajstić information content (AvgIpc) is 3.06. The van der Waals surface area contributed by atoms with Crippen LogP contribution in [0.3, 0.4) is 0 Å². The third-order valence-electron chi connectivity index (χ3n) is 5.10. The molecular formula is C20H20ClFN4O. The number of amides is 1. The fourth-order valence-electron chi connectivity index (χ4n) is 3.75. The Bertz CT molecular complexity index is 1000.